The molecular formula is C31H32F9N3O4S. The summed E-state index contributed by atoms with van der Waals surface area (Å²) < 4.78 is 134. The van der Waals surface area contributed by atoms with E-state index in [1.165, 1.54) is 16.7 Å². The van der Waals surface area contributed by atoms with E-state index in [2.05, 4.69) is 5.32 Å². The van der Waals surface area contributed by atoms with Gasteiger partial charge in [0, 0.05) is 24.3 Å². The highest BCUT2D eigenvalue weighted by molar-refractivity contribution is 8.04. The first-order valence-electron chi connectivity index (χ1n) is 14.8. The Bertz CT molecular complexity index is 1530. The third-order valence-electron chi connectivity index (χ3n) is 7.88. The number of esters is 1. The zero-order valence-electron chi connectivity index (χ0n) is 26.1. The molecule has 48 heavy (non-hydrogen) atoms. The number of nitrogens with zero attached hydrogens (tertiary/aromatic N) is 2. The smallest absolute Gasteiger partial charge is 0.416 e. The molecule has 1 N–H and O–H groups in total. The lowest BCUT2D eigenvalue weighted by molar-refractivity contribution is -0.143. The standard InChI is InChI=1S/C31H32F9N3O4S/c1-5-21-14-23(22-13-18(29(32,33)34)8-9-24(22)43(21)28(45)47-7-3)41-27-42(16(4)25(48-27)26(44)46-6-2)15-17-10-19(30(35,36)37)12-20(11-17)31(38,39)40/h8-13,21,23,27,41H,5-7,14-15H2,1-4H3/t21-,23+,27?/m1/s1. The summed E-state index contributed by atoms with van der Waals surface area (Å²) in [7, 11) is 0. The number of anilines is 1. The molecule has 1 amide bonds. The highest BCUT2D eigenvalue weighted by Gasteiger charge is 2.43. The summed E-state index contributed by atoms with van der Waals surface area (Å²) in [4.78, 5) is 28.5. The lowest BCUT2D eigenvalue weighted by atomic mass is 9.89. The predicted molar refractivity (Wildman–Crippen MR) is 158 cm³/mol. The molecule has 0 spiro atoms. The number of allylic oxidation sites excluding steroid dienone is 1. The normalized spacial score (nSPS) is 20.2. The largest absolute Gasteiger partial charge is 0.462 e. The van der Waals surface area contributed by atoms with Crippen LogP contribution in [-0.2, 0) is 39.3 Å². The molecule has 2 heterocycles. The van der Waals surface area contributed by atoms with Crippen molar-refractivity contribution in [3.63, 3.8) is 0 Å². The Balaban J connectivity index is 1.80. The number of carbonyl (C=O) groups is 2. The Hall–Kier alpha value is -3.60. The Kier molecular flexibility index (Phi) is 10.9. The zero-order chi connectivity index (χ0) is 35.8. The minimum Gasteiger partial charge on any atom is -0.462 e. The average Bonchev–Trinajstić information content (AvgIpc) is 3.29. The van der Waals surface area contributed by atoms with Crippen molar-refractivity contribution in [2.75, 3.05) is 18.1 Å². The first kappa shape index (κ1) is 37.2. The highest BCUT2D eigenvalue weighted by Crippen LogP contribution is 2.46. The number of carbonyl (C=O) groups excluding carboxylic acids is 2. The van der Waals surface area contributed by atoms with Gasteiger partial charge in [-0.15, -0.1) is 0 Å². The van der Waals surface area contributed by atoms with Crippen LogP contribution in [-0.4, -0.2) is 41.7 Å². The number of rotatable bonds is 8. The van der Waals surface area contributed by atoms with Crippen LogP contribution in [0.1, 0.15) is 74.4 Å². The summed E-state index contributed by atoms with van der Waals surface area (Å²) in [6.07, 6.45) is -15.3. The van der Waals surface area contributed by atoms with Gasteiger partial charge in [0.2, 0.25) is 0 Å². The van der Waals surface area contributed by atoms with Crippen molar-refractivity contribution < 1.29 is 58.6 Å². The maximum absolute atomic E-state index is 13.9. The lowest BCUT2D eigenvalue weighted by Gasteiger charge is -2.42. The first-order chi connectivity index (χ1) is 22.3. The van der Waals surface area contributed by atoms with Gasteiger partial charge in [-0.3, -0.25) is 10.2 Å². The van der Waals surface area contributed by atoms with Gasteiger partial charge in [-0.25, -0.2) is 9.59 Å². The van der Waals surface area contributed by atoms with E-state index < -0.39 is 71.4 Å². The Morgan fingerprint density at radius 3 is 1.96 bits per heavy atom. The summed E-state index contributed by atoms with van der Waals surface area (Å²) in [5.41, 5.74) is -5.14. The number of hydrogen-bond acceptors (Lipinski definition) is 7. The van der Waals surface area contributed by atoms with Crippen LogP contribution in [0.5, 0.6) is 0 Å². The van der Waals surface area contributed by atoms with E-state index in [1.54, 1.807) is 20.8 Å². The number of benzene rings is 2. The van der Waals surface area contributed by atoms with Crippen molar-refractivity contribution in [3.05, 3.63) is 74.8 Å². The maximum Gasteiger partial charge on any atom is 0.416 e. The molecule has 0 saturated carbocycles. The van der Waals surface area contributed by atoms with E-state index >= 15 is 0 Å². The van der Waals surface area contributed by atoms with Crippen molar-refractivity contribution >= 4 is 29.5 Å². The van der Waals surface area contributed by atoms with E-state index in [-0.39, 0.29) is 53.1 Å². The number of ether oxygens (including phenoxy) is 2. The molecular weight excluding hydrogens is 681 g/mol. The molecule has 0 aliphatic carbocycles. The second-order valence-electron chi connectivity index (χ2n) is 11.0. The summed E-state index contributed by atoms with van der Waals surface area (Å²) in [6.45, 7) is 5.74. The van der Waals surface area contributed by atoms with E-state index in [1.807, 2.05) is 0 Å². The van der Waals surface area contributed by atoms with Crippen molar-refractivity contribution in [2.45, 2.75) is 83.2 Å². The molecule has 2 aliphatic heterocycles. The number of fused-ring (bicyclic) bond motifs is 1. The highest BCUT2D eigenvalue weighted by atomic mass is 32.2. The number of hydrogen-bond donors (Lipinski definition) is 1. The monoisotopic (exact) mass is 713 g/mol. The molecule has 2 aromatic carbocycles. The fraction of sp³-hybridized carbons (Fsp3) is 0.484. The van der Waals surface area contributed by atoms with Gasteiger partial charge in [0.05, 0.1) is 35.6 Å². The van der Waals surface area contributed by atoms with Crippen LogP contribution >= 0.6 is 11.8 Å². The zero-order valence-corrected chi connectivity index (χ0v) is 26.9. The second-order valence-corrected chi connectivity index (χ2v) is 12.1. The molecule has 1 unspecified atom stereocenters. The predicted octanol–water partition coefficient (Wildman–Crippen LogP) is 8.85. The Morgan fingerprint density at radius 2 is 1.44 bits per heavy atom. The Morgan fingerprint density at radius 1 is 0.854 bits per heavy atom. The fourth-order valence-electron chi connectivity index (χ4n) is 5.64. The van der Waals surface area contributed by atoms with E-state index in [9.17, 15) is 49.1 Å². The van der Waals surface area contributed by atoms with Gasteiger partial charge in [0.1, 0.15) is 10.4 Å². The van der Waals surface area contributed by atoms with Gasteiger partial charge < -0.3 is 14.4 Å². The van der Waals surface area contributed by atoms with Gasteiger partial charge in [-0.2, -0.15) is 39.5 Å². The minimum atomic E-state index is -5.10. The molecule has 7 nitrogen and oxygen atoms in total. The molecule has 4 rings (SSSR count). The molecule has 0 aromatic heterocycles. The molecule has 0 fully saturated rings. The van der Waals surface area contributed by atoms with Gasteiger partial charge >= 0.3 is 30.6 Å². The number of thioether (sulfide) groups is 1. The van der Waals surface area contributed by atoms with Crippen LogP contribution in [0.3, 0.4) is 0 Å². The van der Waals surface area contributed by atoms with Gasteiger partial charge in [0.25, 0.3) is 0 Å². The fourth-order valence-corrected chi connectivity index (χ4v) is 6.90. The lowest BCUT2D eigenvalue weighted by Crippen LogP contribution is -2.49. The molecule has 0 bridgehead atoms. The number of halogens is 9. The van der Waals surface area contributed by atoms with Gasteiger partial charge in [-0.1, -0.05) is 18.7 Å². The number of amides is 1. The third kappa shape index (κ3) is 7.98. The van der Waals surface area contributed by atoms with Crippen molar-refractivity contribution in [1.29, 1.82) is 0 Å². The van der Waals surface area contributed by atoms with Crippen LogP contribution in [0.15, 0.2) is 47.0 Å². The third-order valence-corrected chi connectivity index (χ3v) is 9.19. The van der Waals surface area contributed by atoms with Crippen LogP contribution in [0.2, 0.25) is 0 Å². The average molecular weight is 714 g/mol. The first-order valence-corrected chi connectivity index (χ1v) is 15.7. The Labute approximate surface area is 274 Å². The van der Waals surface area contributed by atoms with E-state index in [4.69, 9.17) is 9.47 Å². The number of alkyl halides is 9. The molecule has 3 atom stereocenters. The van der Waals surface area contributed by atoms with E-state index in [0.717, 1.165) is 30.0 Å². The summed E-state index contributed by atoms with van der Waals surface area (Å²) >= 11 is 0.864. The van der Waals surface area contributed by atoms with Crippen LogP contribution < -0.4 is 10.2 Å². The molecule has 0 saturated heterocycles. The van der Waals surface area contributed by atoms with Crippen LogP contribution in [0.4, 0.5) is 50.0 Å². The van der Waals surface area contributed by atoms with E-state index in [0.29, 0.717) is 18.6 Å². The maximum atomic E-state index is 13.9. The summed E-state index contributed by atoms with van der Waals surface area (Å²) in [6, 6.07) is 2.52. The van der Waals surface area contributed by atoms with Crippen molar-refractivity contribution in [3.8, 4) is 0 Å². The molecule has 2 aromatic rings. The summed E-state index contributed by atoms with van der Waals surface area (Å²) in [5.74, 6) is -0.794. The van der Waals surface area contributed by atoms with Crippen molar-refractivity contribution in [2.24, 2.45) is 0 Å². The second kappa shape index (κ2) is 14.1. The summed E-state index contributed by atoms with van der Waals surface area (Å²) in [5, 5.41) is 3.17. The molecule has 17 heteroatoms. The minimum absolute atomic E-state index is 0.00207. The molecule has 2 aliphatic rings. The van der Waals surface area contributed by atoms with Crippen LogP contribution in [0, 0.1) is 0 Å². The topological polar surface area (TPSA) is 71.1 Å². The van der Waals surface area contributed by atoms with Gasteiger partial charge in [-0.05, 0) is 81.1 Å². The SMILES string of the molecule is CCOC(=O)C1=C(C)N(Cc2cc(C(F)(F)F)cc(C(F)(F)F)c2)C(N[C@H]2C[C@@H](CC)N(C(=O)OCC)c3ccc(C(F)(F)F)cc32)S1. The van der Waals surface area contributed by atoms with Gasteiger partial charge in [0.15, 0.2) is 0 Å². The molecule has 0 radical (unpaired) electrons. The molecule has 264 valence electrons. The number of nitrogens with one attached hydrogen (secondary N) is 1. The van der Waals surface area contributed by atoms with Crippen LogP contribution in [0.25, 0.3) is 0 Å². The van der Waals surface area contributed by atoms with Crippen molar-refractivity contribution in [1.82, 2.24) is 10.2 Å². The quantitative estimate of drug-likeness (QED) is 0.217.